The van der Waals surface area contributed by atoms with Crippen molar-refractivity contribution in [2.24, 2.45) is 0 Å². The number of rotatable bonds is 5. The number of carbonyl (C=O) groups is 1. The number of para-hydroxylation sites is 1. The molecule has 1 aromatic carbocycles. The number of amides is 1. The Morgan fingerprint density at radius 1 is 1.32 bits per heavy atom. The zero-order valence-electron chi connectivity index (χ0n) is 14.3. The smallest absolute Gasteiger partial charge is 0.262 e. The maximum Gasteiger partial charge on any atom is 0.262 e. The Kier molecular flexibility index (Phi) is 3.87. The van der Waals surface area contributed by atoms with Gasteiger partial charge in [0.25, 0.3) is 5.91 Å². The van der Waals surface area contributed by atoms with E-state index in [-0.39, 0.29) is 5.91 Å². The fourth-order valence-corrected chi connectivity index (χ4v) is 3.01. The zero-order chi connectivity index (χ0) is 17.4. The largest absolute Gasteiger partial charge is 0.360 e. The number of hydrogen-bond donors (Lipinski definition) is 1. The lowest BCUT2D eigenvalue weighted by Gasteiger charge is -2.10. The number of aryl methyl sites for hydroxylation is 1. The molecule has 1 aliphatic rings. The third-order valence-corrected chi connectivity index (χ3v) is 4.58. The second-order valence-corrected chi connectivity index (χ2v) is 6.35. The molecule has 0 unspecified atom stereocenters. The fourth-order valence-electron chi connectivity index (χ4n) is 3.01. The highest BCUT2D eigenvalue weighted by Crippen LogP contribution is 2.41. The molecule has 25 heavy (non-hydrogen) atoms. The van der Waals surface area contributed by atoms with Crippen molar-refractivity contribution in [3.63, 3.8) is 0 Å². The molecule has 4 rings (SSSR count). The molecule has 1 saturated carbocycles. The first-order valence-corrected chi connectivity index (χ1v) is 8.59. The molecule has 6 heteroatoms. The van der Waals surface area contributed by atoms with E-state index < -0.39 is 0 Å². The van der Waals surface area contributed by atoms with Crippen molar-refractivity contribution >= 4 is 11.7 Å². The first-order chi connectivity index (χ1) is 12.2. The first kappa shape index (κ1) is 15.6. The van der Waals surface area contributed by atoms with Gasteiger partial charge in [-0.15, -0.1) is 0 Å². The Morgan fingerprint density at radius 3 is 2.76 bits per heavy atom. The van der Waals surface area contributed by atoms with Crippen LogP contribution in [0.5, 0.6) is 0 Å². The summed E-state index contributed by atoms with van der Waals surface area (Å²) in [7, 11) is 0. The molecule has 2 heterocycles. The number of benzene rings is 1. The zero-order valence-corrected chi connectivity index (χ0v) is 14.3. The molecule has 1 aliphatic carbocycles. The number of hydrogen-bond acceptors (Lipinski definition) is 4. The number of anilines is 1. The SMILES string of the molecule is CCc1nn(-c2ccccc2)c(NC(=O)c2cnoc2C2CC2)c1C. The summed E-state index contributed by atoms with van der Waals surface area (Å²) in [5.41, 5.74) is 3.37. The van der Waals surface area contributed by atoms with Crippen LogP contribution in [0.1, 0.15) is 53.1 Å². The number of carbonyl (C=O) groups excluding carboxylic acids is 1. The van der Waals surface area contributed by atoms with Gasteiger partial charge in [0.15, 0.2) is 5.76 Å². The maximum absolute atomic E-state index is 12.8. The molecule has 0 atom stereocenters. The molecule has 128 valence electrons. The van der Waals surface area contributed by atoms with E-state index in [0.717, 1.165) is 36.2 Å². The lowest BCUT2D eigenvalue weighted by atomic mass is 10.1. The van der Waals surface area contributed by atoms with Gasteiger partial charge in [-0.1, -0.05) is 30.3 Å². The summed E-state index contributed by atoms with van der Waals surface area (Å²) in [6.45, 7) is 4.04. The summed E-state index contributed by atoms with van der Waals surface area (Å²) >= 11 is 0. The summed E-state index contributed by atoms with van der Waals surface area (Å²) in [4.78, 5) is 12.8. The van der Waals surface area contributed by atoms with Gasteiger partial charge in [0.2, 0.25) is 0 Å². The maximum atomic E-state index is 12.8. The Balaban J connectivity index is 1.71. The van der Waals surface area contributed by atoms with E-state index in [0.29, 0.717) is 23.1 Å². The average Bonchev–Trinajstić information content (AvgIpc) is 3.28. The van der Waals surface area contributed by atoms with Crippen molar-refractivity contribution in [1.82, 2.24) is 14.9 Å². The minimum atomic E-state index is -0.203. The quantitative estimate of drug-likeness (QED) is 0.768. The number of nitrogens with zero attached hydrogens (tertiary/aromatic N) is 3. The molecular formula is C19H20N4O2. The first-order valence-electron chi connectivity index (χ1n) is 8.59. The molecule has 0 bridgehead atoms. The standard InChI is InChI=1S/C19H20N4O2/c1-3-16-12(2)18(23(22-16)14-7-5-4-6-8-14)21-19(24)15-11-20-25-17(15)13-9-10-13/h4-8,11,13H,3,9-10H2,1-2H3,(H,21,24). The van der Waals surface area contributed by atoms with Crippen molar-refractivity contribution in [2.45, 2.75) is 39.0 Å². The van der Waals surface area contributed by atoms with Crippen LogP contribution >= 0.6 is 0 Å². The van der Waals surface area contributed by atoms with E-state index >= 15 is 0 Å². The van der Waals surface area contributed by atoms with Crippen LogP contribution in [-0.4, -0.2) is 20.8 Å². The molecule has 0 saturated heterocycles. The van der Waals surface area contributed by atoms with Gasteiger partial charge in [-0.05, 0) is 38.3 Å². The van der Waals surface area contributed by atoms with Crippen LogP contribution in [0.2, 0.25) is 0 Å². The minimum absolute atomic E-state index is 0.203. The van der Waals surface area contributed by atoms with Crippen LogP contribution in [0.25, 0.3) is 5.69 Å². The van der Waals surface area contributed by atoms with E-state index in [4.69, 9.17) is 4.52 Å². The second-order valence-electron chi connectivity index (χ2n) is 6.35. The lowest BCUT2D eigenvalue weighted by molar-refractivity contribution is 0.102. The molecule has 6 nitrogen and oxygen atoms in total. The molecule has 1 N–H and O–H groups in total. The minimum Gasteiger partial charge on any atom is -0.360 e. The normalized spacial score (nSPS) is 13.8. The summed E-state index contributed by atoms with van der Waals surface area (Å²) in [6.07, 6.45) is 4.41. The summed E-state index contributed by atoms with van der Waals surface area (Å²) < 4.78 is 7.07. The van der Waals surface area contributed by atoms with Gasteiger partial charge in [-0.3, -0.25) is 4.79 Å². The van der Waals surface area contributed by atoms with Gasteiger partial charge >= 0.3 is 0 Å². The van der Waals surface area contributed by atoms with Crippen LogP contribution in [0.3, 0.4) is 0 Å². The van der Waals surface area contributed by atoms with Crippen LogP contribution < -0.4 is 5.32 Å². The summed E-state index contributed by atoms with van der Waals surface area (Å²) in [6, 6.07) is 9.80. The molecule has 0 aliphatic heterocycles. The van der Waals surface area contributed by atoms with Crippen molar-refractivity contribution in [3.8, 4) is 5.69 Å². The fraction of sp³-hybridized carbons (Fsp3) is 0.316. The highest BCUT2D eigenvalue weighted by atomic mass is 16.5. The van der Waals surface area contributed by atoms with Gasteiger partial charge in [-0.2, -0.15) is 5.10 Å². The predicted octanol–water partition coefficient (Wildman–Crippen LogP) is 3.86. The Morgan fingerprint density at radius 2 is 2.08 bits per heavy atom. The summed E-state index contributed by atoms with van der Waals surface area (Å²) in [5, 5.41) is 11.5. The Bertz CT molecular complexity index is 907. The average molecular weight is 336 g/mol. The monoisotopic (exact) mass is 336 g/mol. The third kappa shape index (κ3) is 2.84. The van der Waals surface area contributed by atoms with E-state index in [9.17, 15) is 4.79 Å². The molecule has 3 aromatic rings. The van der Waals surface area contributed by atoms with E-state index in [1.807, 2.05) is 37.3 Å². The van der Waals surface area contributed by atoms with Crippen LogP contribution in [-0.2, 0) is 6.42 Å². The number of aromatic nitrogens is 3. The van der Waals surface area contributed by atoms with Crippen molar-refractivity contribution < 1.29 is 9.32 Å². The van der Waals surface area contributed by atoms with Gasteiger partial charge in [0, 0.05) is 11.5 Å². The van der Waals surface area contributed by atoms with Crippen LogP contribution in [0.15, 0.2) is 41.1 Å². The molecule has 0 radical (unpaired) electrons. The second kappa shape index (κ2) is 6.20. The molecular weight excluding hydrogens is 316 g/mol. The molecule has 1 fully saturated rings. The van der Waals surface area contributed by atoms with E-state index in [2.05, 4.69) is 22.5 Å². The molecule has 2 aromatic heterocycles. The van der Waals surface area contributed by atoms with Crippen molar-refractivity contribution in [3.05, 3.63) is 59.1 Å². The lowest BCUT2D eigenvalue weighted by Crippen LogP contribution is -2.16. The highest BCUT2D eigenvalue weighted by Gasteiger charge is 2.33. The Hall–Kier alpha value is -2.89. The predicted molar refractivity (Wildman–Crippen MR) is 94.1 cm³/mol. The van der Waals surface area contributed by atoms with Crippen LogP contribution in [0, 0.1) is 6.92 Å². The number of nitrogens with one attached hydrogen (secondary N) is 1. The van der Waals surface area contributed by atoms with E-state index in [1.165, 1.54) is 6.20 Å². The Labute approximate surface area is 145 Å². The van der Waals surface area contributed by atoms with Gasteiger partial charge < -0.3 is 9.84 Å². The topological polar surface area (TPSA) is 73.0 Å². The van der Waals surface area contributed by atoms with Crippen molar-refractivity contribution in [2.75, 3.05) is 5.32 Å². The molecule has 0 spiro atoms. The molecule has 1 amide bonds. The van der Waals surface area contributed by atoms with Gasteiger partial charge in [0.1, 0.15) is 11.4 Å². The van der Waals surface area contributed by atoms with Gasteiger partial charge in [-0.25, -0.2) is 4.68 Å². The van der Waals surface area contributed by atoms with Gasteiger partial charge in [0.05, 0.1) is 17.6 Å². The van der Waals surface area contributed by atoms with Crippen molar-refractivity contribution in [1.29, 1.82) is 0 Å². The van der Waals surface area contributed by atoms with E-state index in [1.54, 1.807) is 4.68 Å². The third-order valence-electron chi connectivity index (χ3n) is 4.58. The highest BCUT2D eigenvalue weighted by molar-refractivity contribution is 6.05. The van der Waals surface area contributed by atoms with Crippen LogP contribution in [0.4, 0.5) is 5.82 Å². The summed E-state index contributed by atoms with van der Waals surface area (Å²) in [5.74, 6) is 1.51.